The van der Waals surface area contributed by atoms with Crippen molar-refractivity contribution in [3.63, 3.8) is 0 Å². The van der Waals surface area contributed by atoms with Gasteiger partial charge >= 0.3 is 11.7 Å². The number of ether oxygens (including phenoxy) is 1. The summed E-state index contributed by atoms with van der Waals surface area (Å²) >= 11 is 0. The minimum atomic E-state index is -0.957. The minimum Gasteiger partial charge on any atom is -0.481 e. The average molecular weight is 430 g/mol. The number of benzene rings is 3. The van der Waals surface area contributed by atoms with Crippen LogP contribution in [0.4, 0.5) is 5.69 Å². The monoisotopic (exact) mass is 430 g/mol. The molecule has 7 nitrogen and oxygen atoms in total. The lowest BCUT2D eigenvalue weighted by molar-refractivity contribution is -0.386. The van der Waals surface area contributed by atoms with Crippen LogP contribution in [0.25, 0.3) is 22.0 Å². The fourth-order valence-electron chi connectivity index (χ4n) is 3.73. The van der Waals surface area contributed by atoms with Gasteiger partial charge in [-0.1, -0.05) is 36.4 Å². The predicted octanol–water partition coefficient (Wildman–Crippen LogP) is 5.90. The maximum atomic E-state index is 12.0. The number of aromatic nitrogens is 1. The number of rotatable bonds is 8. The maximum absolute atomic E-state index is 12.0. The van der Waals surface area contributed by atoms with E-state index in [0.29, 0.717) is 11.1 Å². The molecule has 0 radical (unpaired) electrons. The molecule has 0 aliphatic heterocycles. The van der Waals surface area contributed by atoms with E-state index >= 15 is 0 Å². The van der Waals surface area contributed by atoms with Crippen LogP contribution in [0.3, 0.4) is 0 Å². The topological polar surface area (TPSA) is 105 Å². The molecule has 32 heavy (non-hydrogen) atoms. The van der Waals surface area contributed by atoms with Gasteiger partial charge < -0.3 is 14.8 Å². The smallest absolute Gasteiger partial charge is 0.311 e. The normalized spacial score (nSPS) is 11.9. The van der Waals surface area contributed by atoms with E-state index < -0.39 is 17.0 Å². The van der Waals surface area contributed by atoms with Crippen molar-refractivity contribution in [2.45, 2.75) is 25.9 Å². The third kappa shape index (κ3) is 4.46. The van der Waals surface area contributed by atoms with Gasteiger partial charge in [-0.15, -0.1) is 0 Å². The van der Waals surface area contributed by atoms with E-state index in [1.807, 2.05) is 67.7 Å². The number of nitro benzene ring substituents is 1. The van der Waals surface area contributed by atoms with Crippen LogP contribution in [0, 0.1) is 10.1 Å². The number of carbonyl (C=O) groups is 1. The Morgan fingerprint density at radius 3 is 2.62 bits per heavy atom. The Balaban J connectivity index is 1.86. The molecule has 3 aromatic carbocycles. The van der Waals surface area contributed by atoms with Crippen molar-refractivity contribution in [3.05, 3.63) is 94.2 Å². The van der Waals surface area contributed by atoms with Gasteiger partial charge in [-0.25, -0.2) is 0 Å². The molecule has 162 valence electrons. The highest BCUT2D eigenvalue weighted by atomic mass is 16.6. The van der Waals surface area contributed by atoms with Crippen LogP contribution in [-0.2, 0) is 11.2 Å². The molecule has 1 heterocycles. The molecule has 1 aromatic heterocycles. The quantitative estimate of drug-likeness (QED) is 0.267. The fraction of sp³-hybridized carbons (Fsp3) is 0.160. The van der Waals surface area contributed by atoms with Gasteiger partial charge in [0.1, 0.15) is 6.10 Å². The Bertz CT molecular complexity index is 1280. The summed E-state index contributed by atoms with van der Waals surface area (Å²) in [6.45, 7) is 1.84. The molecule has 0 spiro atoms. The Morgan fingerprint density at radius 2 is 1.91 bits per heavy atom. The van der Waals surface area contributed by atoms with Crippen molar-refractivity contribution in [2.75, 3.05) is 0 Å². The van der Waals surface area contributed by atoms with Gasteiger partial charge in [-0.3, -0.25) is 14.9 Å². The minimum absolute atomic E-state index is 0.117. The Labute approximate surface area is 184 Å². The lowest BCUT2D eigenvalue weighted by Crippen LogP contribution is -2.07. The van der Waals surface area contributed by atoms with Gasteiger partial charge in [0.25, 0.3) is 0 Å². The number of H-pyrrole nitrogens is 1. The van der Waals surface area contributed by atoms with Gasteiger partial charge in [-0.05, 0) is 59.7 Å². The number of carboxylic acid groups (broad SMARTS) is 1. The summed E-state index contributed by atoms with van der Waals surface area (Å²) in [6, 6.07) is 20.3. The molecule has 0 saturated carbocycles. The first-order chi connectivity index (χ1) is 15.4. The maximum Gasteiger partial charge on any atom is 0.311 e. The van der Waals surface area contributed by atoms with Crippen molar-refractivity contribution in [1.82, 2.24) is 4.98 Å². The van der Waals surface area contributed by atoms with Gasteiger partial charge in [0.2, 0.25) is 5.75 Å². The Morgan fingerprint density at radius 1 is 1.12 bits per heavy atom. The summed E-state index contributed by atoms with van der Waals surface area (Å²) in [4.78, 5) is 25.7. The molecule has 0 bridgehead atoms. The number of hydrogen-bond acceptors (Lipinski definition) is 4. The number of nitro groups is 1. The Kier molecular flexibility index (Phi) is 5.89. The number of fused-ring (bicyclic) bond motifs is 1. The van der Waals surface area contributed by atoms with Crippen molar-refractivity contribution < 1.29 is 19.6 Å². The van der Waals surface area contributed by atoms with Crippen LogP contribution < -0.4 is 4.74 Å². The summed E-state index contributed by atoms with van der Waals surface area (Å²) in [7, 11) is 0. The summed E-state index contributed by atoms with van der Waals surface area (Å²) in [5.41, 5.74) is 3.55. The van der Waals surface area contributed by atoms with E-state index in [2.05, 4.69) is 4.98 Å². The largest absolute Gasteiger partial charge is 0.481 e. The first-order valence-corrected chi connectivity index (χ1v) is 10.2. The van der Waals surface area contributed by atoms with Crippen LogP contribution in [-0.4, -0.2) is 21.0 Å². The number of aliphatic carboxylic acids is 1. The highest BCUT2D eigenvalue weighted by Gasteiger charge is 2.25. The lowest BCUT2D eigenvalue weighted by atomic mass is 9.97. The van der Waals surface area contributed by atoms with Crippen LogP contribution in [0.1, 0.15) is 30.6 Å². The van der Waals surface area contributed by atoms with Crippen molar-refractivity contribution in [1.29, 1.82) is 0 Å². The third-order valence-electron chi connectivity index (χ3n) is 5.38. The Hall–Kier alpha value is -4.13. The highest BCUT2D eigenvalue weighted by molar-refractivity contribution is 5.87. The second kappa shape index (κ2) is 8.93. The standard InChI is InChI=1S/C25H22N2O5/c1-16(18-5-3-2-4-6-18)32-25-21(19-8-9-22-20(15-19)11-12-26-22)13-17(7-10-24(28)29)14-23(25)27(30)31/h2-6,8-9,11-16,26H,7,10H2,1H3,(H,28,29). The number of nitrogens with one attached hydrogen (secondary N) is 1. The summed E-state index contributed by atoms with van der Waals surface area (Å²) in [5, 5.41) is 22.0. The zero-order chi connectivity index (χ0) is 22.7. The van der Waals surface area contributed by atoms with Gasteiger partial charge in [0, 0.05) is 29.8 Å². The molecule has 4 aromatic rings. The second-order valence-electron chi connectivity index (χ2n) is 7.59. The number of hydrogen-bond donors (Lipinski definition) is 2. The number of aromatic amines is 1. The van der Waals surface area contributed by atoms with Crippen molar-refractivity contribution in [2.24, 2.45) is 0 Å². The van der Waals surface area contributed by atoms with Crippen molar-refractivity contribution in [3.8, 4) is 16.9 Å². The van der Waals surface area contributed by atoms with E-state index in [-0.39, 0.29) is 24.3 Å². The zero-order valence-electron chi connectivity index (χ0n) is 17.4. The van der Waals surface area contributed by atoms with Crippen LogP contribution in [0.15, 0.2) is 72.9 Å². The SMILES string of the molecule is CC(Oc1c(-c2ccc3[nH]ccc3c2)cc(CCC(=O)O)cc1[N+](=O)[O-])c1ccccc1. The number of aryl methyl sites for hydroxylation is 1. The molecule has 1 atom stereocenters. The van der Waals surface area contributed by atoms with Crippen molar-refractivity contribution >= 4 is 22.6 Å². The molecule has 4 rings (SSSR count). The summed E-state index contributed by atoms with van der Waals surface area (Å²) < 4.78 is 6.19. The third-order valence-corrected chi connectivity index (χ3v) is 5.38. The summed E-state index contributed by atoms with van der Waals surface area (Å²) in [6.07, 6.45) is 1.47. The van der Waals surface area contributed by atoms with E-state index in [0.717, 1.165) is 22.0 Å². The molecule has 0 aliphatic carbocycles. The average Bonchev–Trinajstić information content (AvgIpc) is 3.26. The molecule has 0 amide bonds. The van der Waals surface area contributed by atoms with Crippen LogP contribution in [0.2, 0.25) is 0 Å². The molecule has 7 heteroatoms. The first kappa shape index (κ1) is 21.1. The molecular weight excluding hydrogens is 408 g/mol. The predicted molar refractivity (Wildman–Crippen MR) is 122 cm³/mol. The number of carboxylic acids is 1. The zero-order valence-corrected chi connectivity index (χ0v) is 17.4. The van der Waals surface area contributed by atoms with E-state index in [1.54, 1.807) is 6.07 Å². The van der Waals surface area contributed by atoms with E-state index in [1.165, 1.54) is 6.07 Å². The van der Waals surface area contributed by atoms with Crippen LogP contribution >= 0.6 is 0 Å². The number of nitrogens with zero attached hydrogens (tertiary/aromatic N) is 1. The lowest BCUT2D eigenvalue weighted by Gasteiger charge is -2.19. The molecule has 0 aliphatic rings. The summed E-state index contributed by atoms with van der Waals surface area (Å²) in [5.74, 6) is -0.790. The van der Waals surface area contributed by atoms with E-state index in [9.17, 15) is 14.9 Å². The molecule has 2 N–H and O–H groups in total. The van der Waals surface area contributed by atoms with E-state index in [4.69, 9.17) is 9.84 Å². The van der Waals surface area contributed by atoms with Crippen LogP contribution in [0.5, 0.6) is 5.75 Å². The van der Waals surface area contributed by atoms with Gasteiger partial charge in [0.15, 0.2) is 0 Å². The van der Waals surface area contributed by atoms with Gasteiger partial charge in [-0.2, -0.15) is 0 Å². The molecular formula is C25H22N2O5. The fourth-order valence-corrected chi connectivity index (χ4v) is 3.73. The molecule has 1 unspecified atom stereocenters. The first-order valence-electron chi connectivity index (χ1n) is 10.2. The molecule has 0 saturated heterocycles. The second-order valence-corrected chi connectivity index (χ2v) is 7.59. The van der Waals surface area contributed by atoms with Gasteiger partial charge in [0.05, 0.1) is 4.92 Å². The molecule has 0 fully saturated rings. The highest BCUT2D eigenvalue weighted by Crippen LogP contribution is 2.42.